The Morgan fingerprint density at radius 2 is 1.89 bits per heavy atom. The van der Waals surface area contributed by atoms with Crippen molar-refractivity contribution in [2.45, 2.75) is 26.5 Å². The van der Waals surface area contributed by atoms with E-state index in [1.54, 1.807) is 48.7 Å². The highest BCUT2D eigenvalue weighted by Gasteiger charge is 2.12. The normalized spacial score (nSPS) is 10.8. The average molecular weight is 379 g/mol. The van der Waals surface area contributed by atoms with E-state index < -0.39 is 11.8 Å². The van der Waals surface area contributed by atoms with Crippen molar-refractivity contribution < 1.29 is 14.3 Å². The van der Waals surface area contributed by atoms with Crippen LogP contribution in [0.5, 0.6) is 5.75 Å². The van der Waals surface area contributed by atoms with Crippen LogP contribution in [0.2, 0.25) is 0 Å². The van der Waals surface area contributed by atoms with Crippen molar-refractivity contribution >= 4 is 28.3 Å². The van der Waals surface area contributed by atoms with Crippen LogP contribution < -0.4 is 21.3 Å². The highest BCUT2D eigenvalue weighted by molar-refractivity contribution is 6.03. The van der Waals surface area contributed by atoms with Crippen molar-refractivity contribution in [1.82, 2.24) is 4.57 Å². The van der Waals surface area contributed by atoms with Gasteiger partial charge in [-0.15, -0.1) is 0 Å². The fraction of sp³-hybridized carbons (Fsp3) is 0.190. The summed E-state index contributed by atoms with van der Waals surface area (Å²) in [5.74, 6) is -0.395. The zero-order valence-corrected chi connectivity index (χ0v) is 15.6. The second-order valence-electron chi connectivity index (χ2n) is 6.62. The molecule has 0 unspecified atom stereocenters. The van der Waals surface area contributed by atoms with Crippen LogP contribution in [0.15, 0.2) is 59.5 Å². The maximum atomic E-state index is 12.7. The van der Waals surface area contributed by atoms with Crippen LogP contribution in [0.4, 0.5) is 5.69 Å². The number of nitrogens with one attached hydrogen (secondary N) is 1. The van der Waals surface area contributed by atoms with Crippen LogP contribution in [-0.4, -0.2) is 22.5 Å². The molecular weight excluding hydrogens is 358 g/mol. The Morgan fingerprint density at radius 1 is 1.14 bits per heavy atom. The van der Waals surface area contributed by atoms with E-state index in [2.05, 4.69) is 5.32 Å². The number of anilines is 1. The third-order valence-corrected chi connectivity index (χ3v) is 4.10. The molecule has 0 radical (unpaired) electrons. The molecule has 1 heterocycles. The Bertz CT molecular complexity index is 1100. The van der Waals surface area contributed by atoms with E-state index in [0.717, 1.165) is 5.39 Å². The molecule has 0 spiro atoms. The Morgan fingerprint density at radius 3 is 2.61 bits per heavy atom. The molecule has 0 fully saturated rings. The first kappa shape index (κ1) is 19.2. The molecule has 3 rings (SSSR count). The summed E-state index contributed by atoms with van der Waals surface area (Å²) in [6.45, 7) is 3.67. The Balaban J connectivity index is 1.82. The molecule has 3 aromatic rings. The number of aromatic nitrogens is 1. The van der Waals surface area contributed by atoms with Gasteiger partial charge in [0.2, 0.25) is 5.91 Å². The van der Waals surface area contributed by atoms with Gasteiger partial charge in [-0.3, -0.25) is 14.4 Å². The molecule has 3 N–H and O–H groups in total. The van der Waals surface area contributed by atoms with E-state index in [9.17, 15) is 14.4 Å². The third kappa shape index (κ3) is 4.20. The number of ether oxygens (including phenoxy) is 1. The maximum absolute atomic E-state index is 12.7. The van der Waals surface area contributed by atoms with E-state index in [-0.39, 0.29) is 23.8 Å². The minimum Gasteiger partial charge on any atom is -0.491 e. The number of hydrogen-bond acceptors (Lipinski definition) is 4. The Kier molecular flexibility index (Phi) is 5.44. The summed E-state index contributed by atoms with van der Waals surface area (Å²) in [5.41, 5.74) is 5.55. The second kappa shape index (κ2) is 7.96. The minimum absolute atomic E-state index is 0.0322. The van der Waals surface area contributed by atoms with E-state index in [4.69, 9.17) is 10.5 Å². The lowest BCUT2D eigenvalue weighted by Gasteiger charge is -2.12. The molecule has 0 bridgehead atoms. The van der Waals surface area contributed by atoms with Crippen LogP contribution in [0.1, 0.15) is 24.2 Å². The lowest BCUT2D eigenvalue weighted by Crippen LogP contribution is -2.28. The number of para-hydroxylation sites is 1. The molecule has 7 heteroatoms. The van der Waals surface area contributed by atoms with E-state index in [1.165, 1.54) is 10.6 Å². The number of carbonyl (C=O) groups excluding carboxylic acids is 2. The van der Waals surface area contributed by atoms with Crippen LogP contribution in [0.25, 0.3) is 10.8 Å². The molecule has 0 aliphatic carbocycles. The fourth-order valence-electron chi connectivity index (χ4n) is 2.89. The summed E-state index contributed by atoms with van der Waals surface area (Å²) >= 11 is 0. The quantitative estimate of drug-likeness (QED) is 0.687. The number of hydrogen-bond donors (Lipinski definition) is 2. The van der Waals surface area contributed by atoms with Gasteiger partial charge in [0.1, 0.15) is 12.3 Å². The van der Waals surface area contributed by atoms with Crippen molar-refractivity contribution in [3.8, 4) is 5.75 Å². The van der Waals surface area contributed by atoms with Gasteiger partial charge in [0, 0.05) is 11.6 Å². The highest BCUT2D eigenvalue weighted by Crippen LogP contribution is 2.19. The molecule has 0 saturated carbocycles. The van der Waals surface area contributed by atoms with Gasteiger partial charge in [-0.25, -0.2) is 0 Å². The third-order valence-electron chi connectivity index (χ3n) is 4.10. The number of primary amides is 1. The standard InChI is InChI=1S/C21H21N3O4/c1-13(2)28-15-7-8-16-14(11-15)9-10-24(21(16)27)12-19(25)23-18-6-4-3-5-17(18)20(22)26/h3-11,13H,12H2,1-2H3,(H2,22,26)(H,23,25). The number of nitrogens with zero attached hydrogens (tertiary/aromatic N) is 1. The van der Waals surface area contributed by atoms with E-state index >= 15 is 0 Å². The smallest absolute Gasteiger partial charge is 0.258 e. The largest absolute Gasteiger partial charge is 0.491 e. The number of benzene rings is 2. The van der Waals surface area contributed by atoms with E-state index in [1.807, 2.05) is 13.8 Å². The monoisotopic (exact) mass is 379 g/mol. The summed E-state index contributed by atoms with van der Waals surface area (Å²) in [6.07, 6.45) is 1.59. The van der Waals surface area contributed by atoms with Crippen molar-refractivity contribution in [3.05, 3.63) is 70.6 Å². The van der Waals surface area contributed by atoms with Gasteiger partial charge < -0.3 is 20.4 Å². The predicted octanol–water partition coefficient (Wildman–Crippen LogP) is 2.53. The molecule has 0 saturated heterocycles. The van der Waals surface area contributed by atoms with Gasteiger partial charge in [-0.05, 0) is 55.6 Å². The van der Waals surface area contributed by atoms with Crippen molar-refractivity contribution in [1.29, 1.82) is 0 Å². The number of nitrogens with two attached hydrogens (primary N) is 1. The number of amides is 2. The van der Waals surface area contributed by atoms with Crippen LogP contribution in [0.3, 0.4) is 0 Å². The van der Waals surface area contributed by atoms with Gasteiger partial charge in [-0.2, -0.15) is 0 Å². The van der Waals surface area contributed by atoms with E-state index in [0.29, 0.717) is 16.8 Å². The van der Waals surface area contributed by atoms with Gasteiger partial charge >= 0.3 is 0 Å². The van der Waals surface area contributed by atoms with Crippen LogP contribution in [-0.2, 0) is 11.3 Å². The highest BCUT2D eigenvalue weighted by atomic mass is 16.5. The van der Waals surface area contributed by atoms with Gasteiger partial charge in [-0.1, -0.05) is 12.1 Å². The molecular formula is C21H21N3O4. The Labute approximate surface area is 161 Å². The fourth-order valence-corrected chi connectivity index (χ4v) is 2.89. The van der Waals surface area contributed by atoms with Crippen LogP contribution >= 0.6 is 0 Å². The summed E-state index contributed by atoms with van der Waals surface area (Å²) in [6, 6.07) is 13.4. The predicted molar refractivity (Wildman–Crippen MR) is 108 cm³/mol. The summed E-state index contributed by atoms with van der Waals surface area (Å²) in [7, 11) is 0. The summed E-state index contributed by atoms with van der Waals surface area (Å²) in [5, 5.41) is 3.85. The van der Waals surface area contributed by atoms with Gasteiger partial charge in [0.25, 0.3) is 11.5 Å². The average Bonchev–Trinajstić information content (AvgIpc) is 2.64. The molecule has 7 nitrogen and oxygen atoms in total. The molecule has 0 aliphatic rings. The topological polar surface area (TPSA) is 103 Å². The van der Waals surface area contributed by atoms with Crippen molar-refractivity contribution in [2.24, 2.45) is 5.73 Å². The zero-order valence-electron chi connectivity index (χ0n) is 15.6. The molecule has 2 amide bonds. The molecule has 144 valence electrons. The van der Waals surface area contributed by atoms with Crippen LogP contribution in [0, 0.1) is 0 Å². The van der Waals surface area contributed by atoms with Gasteiger partial charge in [0.05, 0.1) is 17.4 Å². The minimum atomic E-state index is -0.641. The lowest BCUT2D eigenvalue weighted by molar-refractivity contribution is -0.116. The first-order chi connectivity index (χ1) is 13.3. The summed E-state index contributed by atoms with van der Waals surface area (Å²) in [4.78, 5) is 36.5. The van der Waals surface area contributed by atoms with Gasteiger partial charge in [0.15, 0.2) is 0 Å². The molecule has 2 aromatic carbocycles. The van der Waals surface area contributed by atoms with Crippen molar-refractivity contribution in [2.75, 3.05) is 5.32 Å². The first-order valence-electron chi connectivity index (χ1n) is 8.83. The molecule has 28 heavy (non-hydrogen) atoms. The number of pyridine rings is 1. The lowest BCUT2D eigenvalue weighted by atomic mass is 10.1. The maximum Gasteiger partial charge on any atom is 0.258 e. The van der Waals surface area contributed by atoms with Crippen molar-refractivity contribution in [3.63, 3.8) is 0 Å². The molecule has 1 aromatic heterocycles. The summed E-state index contributed by atoms with van der Waals surface area (Å²) < 4.78 is 6.96. The SMILES string of the molecule is CC(C)Oc1ccc2c(=O)n(CC(=O)Nc3ccccc3C(N)=O)ccc2c1. The number of fused-ring (bicyclic) bond motifs is 1. The Hall–Kier alpha value is -3.61. The second-order valence-corrected chi connectivity index (χ2v) is 6.62. The zero-order chi connectivity index (χ0) is 20.3. The first-order valence-corrected chi connectivity index (χ1v) is 8.83. The molecule has 0 aliphatic heterocycles. The molecule has 0 atom stereocenters. The number of rotatable bonds is 6. The number of carbonyl (C=O) groups is 2.